The maximum Gasteiger partial charge on any atom is 0.336 e. The molecule has 17 heteroatoms. The van der Waals surface area contributed by atoms with E-state index in [4.69, 9.17) is 70.7 Å². The van der Waals surface area contributed by atoms with Gasteiger partial charge in [-0.25, -0.2) is 4.79 Å². The largest absolute Gasteiger partial charge is 0.487 e. The summed E-state index contributed by atoms with van der Waals surface area (Å²) < 4.78 is 101. The molecule has 5 aliphatic heterocycles. The van der Waals surface area contributed by atoms with Gasteiger partial charge in [0.25, 0.3) is 0 Å². The van der Waals surface area contributed by atoms with Gasteiger partial charge in [0.15, 0.2) is 11.3 Å². The van der Waals surface area contributed by atoms with Gasteiger partial charge in [-0.1, -0.05) is 259 Å². The van der Waals surface area contributed by atoms with Crippen molar-refractivity contribution >= 4 is 11.0 Å². The van der Waals surface area contributed by atoms with Crippen LogP contribution in [0.2, 0.25) is 0 Å². The third kappa shape index (κ3) is 25.4. The molecule has 0 spiro atoms. The molecular formula is C99H143NO16. The highest BCUT2D eigenvalue weighted by Crippen LogP contribution is 2.57. The smallest absolute Gasteiger partial charge is 0.336 e. The Labute approximate surface area is 695 Å². The van der Waals surface area contributed by atoms with Crippen LogP contribution in [0, 0.1) is 6.92 Å². The number of nitrogens with zero attached hydrogens (tertiary/aromatic N) is 1. The zero-order chi connectivity index (χ0) is 80.1. The highest BCUT2D eigenvalue weighted by molar-refractivity contribution is 5.87. The highest BCUT2D eigenvalue weighted by Gasteiger charge is 2.39. The van der Waals surface area contributed by atoms with Crippen molar-refractivity contribution in [1.82, 2.24) is 4.90 Å². The van der Waals surface area contributed by atoms with Gasteiger partial charge in [0, 0.05) is 117 Å². The summed E-state index contributed by atoms with van der Waals surface area (Å²) in [6, 6.07) is 22.0. The second kappa shape index (κ2) is 49.0. The predicted molar refractivity (Wildman–Crippen MR) is 462 cm³/mol. The molecule has 0 saturated heterocycles. The van der Waals surface area contributed by atoms with E-state index in [1.807, 2.05) is 19.1 Å². The average Bonchev–Trinajstić information content (AvgIpc) is 0.731. The molecule has 0 amide bonds. The summed E-state index contributed by atoms with van der Waals surface area (Å²) in [5.41, 5.74) is 11.1. The minimum absolute atomic E-state index is 0.0303. The van der Waals surface area contributed by atoms with Crippen LogP contribution in [0.5, 0.6) is 57.5 Å². The van der Waals surface area contributed by atoms with Gasteiger partial charge in [-0.15, -0.1) is 0 Å². The number of hydrogen-bond acceptors (Lipinski definition) is 17. The zero-order valence-electron chi connectivity index (χ0n) is 71.9. The van der Waals surface area contributed by atoms with Crippen LogP contribution in [0.15, 0.2) is 69.9 Å². The van der Waals surface area contributed by atoms with Gasteiger partial charge < -0.3 is 70.7 Å². The first kappa shape index (κ1) is 88.4. The average molecular weight is 1600 g/mol. The fraction of sp³-hybridized carbons (Fsp3) is 0.667. The summed E-state index contributed by atoms with van der Waals surface area (Å²) in [6.07, 6.45) is 48.1. The molecule has 1 aromatic heterocycles. The monoisotopic (exact) mass is 1600 g/mol. The van der Waals surface area contributed by atoms with E-state index in [9.17, 15) is 4.79 Å². The number of unbranched alkanes of at least 4 members (excludes halogenated alkanes) is 32. The van der Waals surface area contributed by atoms with Crippen LogP contribution >= 0.6 is 0 Å². The van der Waals surface area contributed by atoms with Gasteiger partial charge in [-0.2, -0.15) is 0 Å². The van der Waals surface area contributed by atoms with Crippen LogP contribution in [0.3, 0.4) is 0 Å². The minimum Gasteiger partial charge on any atom is -0.487 e. The Morgan fingerprint density at radius 2 is 0.595 bits per heavy atom. The van der Waals surface area contributed by atoms with E-state index in [0.717, 1.165) is 140 Å². The Kier molecular flexibility index (Phi) is 37.3. The minimum atomic E-state index is -0.455. The van der Waals surface area contributed by atoms with Crippen LogP contribution in [0.1, 0.15) is 364 Å². The Bertz CT molecular complexity index is 3790. The lowest BCUT2D eigenvalue weighted by atomic mass is 9.75. The molecule has 6 aromatic rings. The molecule has 6 aliphatic rings. The van der Waals surface area contributed by atoms with Crippen molar-refractivity contribution in [2.45, 2.75) is 322 Å². The molecule has 0 saturated carbocycles. The summed E-state index contributed by atoms with van der Waals surface area (Å²) in [5, 5.41) is 0.773. The molecule has 0 fully saturated rings. The van der Waals surface area contributed by atoms with E-state index in [-0.39, 0.29) is 70.7 Å². The SMILES string of the molecule is CCCCCCCCCCCC1c2cc3c4cc2OCOc2cc5c(cc21)C(CCCCCCCCCCC)c1cc2c(c(CN6CCOCCOCCOc7ccc8c(C)cc(=O)oc8c7OCCOCCOCC6)c1OCO5)OCOc1cc(c(cc1C2CCCCCCCCCCC)C3CCCCCCCCCCC)OCO4. The molecule has 4 atom stereocenters. The maximum atomic E-state index is 12.7. The van der Waals surface area contributed by atoms with E-state index in [0.29, 0.717) is 83.0 Å². The Balaban J connectivity index is 0.974. The number of fused-ring (bicyclic) bond motifs is 3. The summed E-state index contributed by atoms with van der Waals surface area (Å²) in [5.74, 6) is 6.82. The molecular weight excluding hydrogens is 1460 g/mol. The third-order valence-electron chi connectivity index (χ3n) is 25.1. The number of hydrogen-bond donors (Lipinski definition) is 0. The van der Waals surface area contributed by atoms with E-state index in [1.54, 1.807) is 0 Å². The van der Waals surface area contributed by atoms with Gasteiger partial charge in [0.05, 0.1) is 58.4 Å². The fourth-order valence-corrected chi connectivity index (χ4v) is 18.6. The number of rotatable bonds is 42. The van der Waals surface area contributed by atoms with E-state index < -0.39 is 5.63 Å². The molecule has 6 heterocycles. The quantitative estimate of drug-likeness (QED) is 0.0262. The molecule has 4 unspecified atom stereocenters. The first-order valence-corrected chi connectivity index (χ1v) is 46.5. The van der Waals surface area contributed by atoms with Gasteiger partial charge in [-0.05, 0) is 74.6 Å². The lowest BCUT2D eigenvalue weighted by Gasteiger charge is -2.36. The van der Waals surface area contributed by atoms with Crippen LogP contribution in [-0.4, -0.2) is 111 Å². The van der Waals surface area contributed by atoms with Crippen LogP contribution < -0.4 is 53.0 Å². The lowest BCUT2D eigenvalue weighted by Crippen LogP contribution is -2.32. The molecule has 116 heavy (non-hydrogen) atoms. The van der Waals surface area contributed by atoms with Crippen molar-refractivity contribution in [2.75, 3.05) is 106 Å². The second-order valence-electron chi connectivity index (χ2n) is 33.7. The fourth-order valence-electron chi connectivity index (χ4n) is 18.6. The Morgan fingerprint density at radius 1 is 0.293 bits per heavy atom. The first-order valence-electron chi connectivity index (χ1n) is 46.5. The summed E-state index contributed by atoms with van der Waals surface area (Å²) in [4.78, 5) is 15.1. The molecule has 12 rings (SSSR count). The van der Waals surface area contributed by atoms with Crippen LogP contribution in [-0.2, 0) is 25.5 Å². The van der Waals surface area contributed by atoms with Crippen molar-refractivity contribution in [3.63, 3.8) is 0 Å². The van der Waals surface area contributed by atoms with Crippen molar-refractivity contribution in [2.24, 2.45) is 0 Å². The van der Waals surface area contributed by atoms with Crippen molar-refractivity contribution in [3.05, 3.63) is 127 Å². The van der Waals surface area contributed by atoms with Crippen molar-refractivity contribution in [1.29, 1.82) is 0 Å². The number of benzene rings is 5. The lowest BCUT2D eigenvalue weighted by molar-refractivity contribution is 0.0167. The number of aryl methyl sites for hydroxylation is 1. The molecule has 17 nitrogen and oxygen atoms in total. The molecule has 0 radical (unpaired) electrons. The van der Waals surface area contributed by atoms with Crippen LogP contribution in [0.25, 0.3) is 11.0 Å². The normalized spacial score (nSPS) is 18.4. The van der Waals surface area contributed by atoms with E-state index in [1.165, 1.54) is 230 Å². The molecule has 5 aromatic carbocycles. The predicted octanol–water partition coefficient (Wildman–Crippen LogP) is 24.9. The summed E-state index contributed by atoms with van der Waals surface area (Å²) in [7, 11) is 0. The highest BCUT2D eigenvalue weighted by atomic mass is 16.7. The maximum absolute atomic E-state index is 12.7. The topological polar surface area (TPSA) is 163 Å². The zero-order valence-corrected chi connectivity index (χ0v) is 71.9. The standard InChI is InChI=1S/C99H143NO16/c1-6-10-14-18-22-26-30-34-38-42-75-79-61-80-76(43-39-35-31-27-23-19-15-11-7-2)82-63-84-78(45-41-37-33-29-25-21-17-13-9-4)86-64-85-77(44-40-36-32-28-24-20-16-12-8-3)83-62-81(75)91-66-93(83)112-71-114-96(85)87(97(86)115-72-113-94(84)67-92(82)111-70-109-90(80)65-89(79)108-69-110-91)68-100-48-50-102-52-54-104-56-58-106-88-47-46-74-73(5)60-95(101)116-98(74)99(88)107-59-57-105-55-53-103-51-49-100/h46-47,60-67,75-78H,6-45,48-59,68-72H2,1-5H3. The molecule has 0 N–H and O–H groups in total. The Morgan fingerprint density at radius 3 is 0.957 bits per heavy atom. The number of ether oxygens (including phenoxy) is 14. The van der Waals surface area contributed by atoms with E-state index >= 15 is 0 Å². The summed E-state index contributed by atoms with van der Waals surface area (Å²) in [6.45, 7) is 16.1. The summed E-state index contributed by atoms with van der Waals surface area (Å²) >= 11 is 0. The van der Waals surface area contributed by atoms with Gasteiger partial charge in [0.2, 0.25) is 32.9 Å². The van der Waals surface area contributed by atoms with Gasteiger partial charge in [-0.3, -0.25) is 4.90 Å². The first-order chi connectivity index (χ1) is 57.3. The van der Waals surface area contributed by atoms with Crippen molar-refractivity contribution in [3.8, 4) is 57.5 Å². The van der Waals surface area contributed by atoms with Gasteiger partial charge >= 0.3 is 5.63 Å². The molecule has 1 aliphatic carbocycles. The molecule has 640 valence electrons. The van der Waals surface area contributed by atoms with E-state index in [2.05, 4.69) is 75.1 Å². The van der Waals surface area contributed by atoms with Crippen LogP contribution in [0.4, 0.5) is 0 Å². The third-order valence-corrected chi connectivity index (χ3v) is 25.1. The molecule has 8 bridgehead atoms. The van der Waals surface area contributed by atoms with Crippen molar-refractivity contribution < 1.29 is 70.7 Å². The van der Waals surface area contributed by atoms with Gasteiger partial charge in [0.1, 0.15) is 59.2 Å². The second-order valence-corrected chi connectivity index (χ2v) is 33.7. The Hall–Kier alpha value is -6.89.